The van der Waals surface area contributed by atoms with E-state index in [0.717, 1.165) is 43.9 Å². The molecule has 0 spiro atoms. The molecule has 0 bridgehead atoms. The normalized spacial score (nSPS) is 12.0. The third-order valence-corrected chi connectivity index (χ3v) is 8.33. The molecule has 2 heteroatoms. The zero-order chi connectivity index (χ0) is 26.2. The molecule has 0 saturated heterocycles. The lowest BCUT2D eigenvalue weighted by molar-refractivity contribution is 0.620. The van der Waals surface area contributed by atoms with Crippen LogP contribution in [0.3, 0.4) is 0 Å². The third-order valence-electron chi connectivity index (χ3n) is 8.33. The molecule has 0 fully saturated rings. The quantitative estimate of drug-likeness (QED) is 0.216. The summed E-state index contributed by atoms with van der Waals surface area (Å²) in [5, 5.41) is 10.6. The highest BCUT2D eigenvalue weighted by molar-refractivity contribution is 6.24. The standard InChI is InChI=1S/C38H22O2/c1-2-10-25-23(9-1)17-19-31-33(22-39-38(25)31)37-29-14-5-3-12-27(29)36(28-13-4-6-15-30(28)37)24-18-20-35-32(21-24)26-11-7-8-16-34(26)40-35/h1-22H. The second-order valence-corrected chi connectivity index (χ2v) is 10.5. The Hall–Kier alpha value is -5.34. The largest absolute Gasteiger partial charge is 0.463 e. The number of benzene rings is 7. The highest BCUT2D eigenvalue weighted by atomic mass is 16.3. The highest BCUT2D eigenvalue weighted by Gasteiger charge is 2.20. The zero-order valence-electron chi connectivity index (χ0n) is 21.5. The minimum absolute atomic E-state index is 0.910. The van der Waals surface area contributed by atoms with E-state index in [4.69, 9.17) is 8.83 Å². The maximum absolute atomic E-state index is 6.30. The van der Waals surface area contributed by atoms with Gasteiger partial charge in [-0.3, -0.25) is 0 Å². The second-order valence-electron chi connectivity index (χ2n) is 10.5. The molecule has 0 aliphatic carbocycles. The first kappa shape index (κ1) is 21.6. The maximum atomic E-state index is 6.30. The molecular weight excluding hydrogens is 488 g/mol. The molecule has 0 amide bonds. The fraction of sp³-hybridized carbons (Fsp3) is 0. The summed E-state index contributed by atoms with van der Waals surface area (Å²) >= 11 is 0. The van der Waals surface area contributed by atoms with E-state index in [9.17, 15) is 0 Å². The Bertz CT molecular complexity index is 2380. The Labute approximate surface area is 229 Å². The zero-order valence-corrected chi connectivity index (χ0v) is 21.5. The predicted molar refractivity (Wildman–Crippen MR) is 167 cm³/mol. The summed E-state index contributed by atoms with van der Waals surface area (Å²) < 4.78 is 12.4. The molecular formula is C38H22O2. The molecule has 2 aromatic heterocycles. The van der Waals surface area contributed by atoms with Crippen molar-refractivity contribution < 1.29 is 8.83 Å². The molecule has 0 unspecified atom stereocenters. The van der Waals surface area contributed by atoms with Crippen LogP contribution >= 0.6 is 0 Å². The fourth-order valence-electron chi connectivity index (χ4n) is 6.57. The van der Waals surface area contributed by atoms with E-state index >= 15 is 0 Å². The van der Waals surface area contributed by atoms with Crippen LogP contribution < -0.4 is 0 Å². The van der Waals surface area contributed by atoms with Gasteiger partial charge < -0.3 is 8.83 Å². The smallest absolute Gasteiger partial charge is 0.142 e. The number of fused-ring (bicyclic) bond motifs is 8. The maximum Gasteiger partial charge on any atom is 0.142 e. The molecule has 2 heterocycles. The molecule has 9 rings (SSSR count). The SMILES string of the molecule is c1ccc2c(c1)ccc1c(-c3c4ccccc4c(-c4ccc5oc6ccccc6c5c4)c4ccccc34)coc12. The predicted octanol–water partition coefficient (Wildman–Crippen LogP) is 11.1. The van der Waals surface area contributed by atoms with Gasteiger partial charge in [-0.25, -0.2) is 0 Å². The molecule has 7 aromatic carbocycles. The van der Waals surface area contributed by atoms with Gasteiger partial charge in [-0.1, -0.05) is 103 Å². The van der Waals surface area contributed by atoms with Crippen molar-refractivity contribution in [2.24, 2.45) is 0 Å². The van der Waals surface area contributed by atoms with Crippen LogP contribution in [-0.4, -0.2) is 0 Å². The molecule has 40 heavy (non-hydrogen) atoms. The average molecular weight is 511 g/mol. The summed E-state index contributed by atoms with van der Waals surface area (Å²) in [7, 11) is 0. The summed E-state index contributed by atoms with van der Waals surface area (Å²) in [4.78, 5) is 0. The molecule has 0 radical (unpaired) electrons. The van der Waals surface area contributed by atoms with E-state index in [1.165, 1.54) is 43.6 Å². The Morgan fingerprint density at radius 3 is 1.75 bits per heavy atom. The van der Waals surface area contributed by atoms with E-state index in [0.29, 0.717) is 0 Å². The van der Waals surface area contributed by atoms with Gasteiger partial charge in [-0.15, -0.1) is 0 Å². The number of hydrogen-bond donors (Lipinski definition) is 0. The molecule has 0 N–H and O–H groups in total. The van der Waals surface area contributed by atoms with Crippen LogP contribution in [0.2, 0.25) is 0 Å². The van der Waals surface area contributed by atoms with Gasteiger partial charge in [0.1, 0.15) is 16.7 Å². The Morgan fingerprint density at radius 1 is 0.400 bits per heavy atom. The van der Waals surface area contributed by atoms with Crippen LogP contribution in [0.4, 0.5) is 0 Å². The van der Waals surface area contributed by atoms with Gasteiger partial charge in [0.15, 0.2) is 0 Å². The number of furan rings is 2. The number of hydrogen-bond acceptors (Lipinski definition) is 2. The van der Waals surface area contributed by atoms with Crippen molar-refractivity contribution in [3.63, 3.8) is 0 Å². The molecule has 186 valence electrons. The Balaban J connectivity index is 1.40. The van der Waals surface area contributed by atoms with Crippen LogP contribution in [0.25, 0.3) is 87.5 Å². The van der Waals surface area contributed by atoms with Crippen molar-refractivity contribution in [1.82, 2.24) is 0 Å². The number of rotatable bonds is 2. The van der Waals surface area contributed by atoms with Gasteiger partial charge in [0.05, 0.1) is 6.26 Å². The first-order valence-electron chi connectivity index (χ1n) is 13.6. The van der Waals surface area contributed by atoms with Gasteiger partial charge >= 0.3 is 0 Å². The summed E-state index contributed by atoms with van der Waals surface area (Å²) in [6.07, 6.45) is 1.94. The van der Waals surface area contributed by atoms with Gasteiger partial charge in [0, 0.05) is 32.7 Å². The summed E-state index contributed by atoms with van der Waals surface area (Å²) in [6.45, 7) is 0. The van der Waals surface area contributed by atoms with E-state index in [2.05, 4.69) is 115 Å². The van der Waals surface area contributed by atoms with Gasteiger partial charge in [-0.05, 0) is 62.3 Å². The molecule has 0 aliphatic heterocycles. The second kappa shape index (κ2) is 8.08. The van der Waals surface area contributed by atoms with Crippen LogP contribution in [0, 0.1) is 0 Å². The van der Waals surface area contributed by atoms with Crippen molar-refractivity contribution in [3.8, 4) is 22.3 Å². The molecule has 0 atom stereocenters. The van der Waals surface area contributed by atoms with Crippen molar-refractivity contribution in [3.05, 3.63) is 134 Å². The fourth-order valence-corrected chi connectivity index (χ4v) is 6.57. The average Bonchev–Trinajstić information content (AvgIpc) is 3.61. The lowest BCUT2D eigenvalue weighted by atomic mass is 9.85. The van der Waals surface area contributed by atoms with Crippen molar-refractivity contribution >= 4 is 65.2 Å². The molecule has 0 saturated carbocycles. The van der Waals surface area contributed by atoms with Crippen molar-refractivity contribution in [2.75, 3.05) is 0 Å². The summed E-state index contributed by atoms with van der Waals surface area (Å²) in [5.41, 5.74) is 7.50. The first-order chi connectivity index (χ1) is 19.8. The van der Waals surface area contributed by atoms with Crippen LogP contribution in [0.1, 0.15) is 0 Å². The minimum Gasteiger partial charge on any atom is -0.463 e. The topological polar surface area (TPSA) is 26.3 Å². The molecule has 0 aliphatic rings. The Morgan fingerprint density at radius 2 is 1.00 bits per heavy atom. The van der Waals surface area contributed by atoms with E-state index in [1.807, 2.05) is 18.4 Å². The highest BCUT2D eigenvalue weighted by Crippen LogP contribution is 2.47. The monoisotopic (exact) mass is 510 g/mol. The van der Waals surface area contributed by atoms with E-state index in [-0.39, 0.29) is 0 Å². The first-order valence-corrected chi connectivity index (χ1v) is 13.6. The Kier molecular flexibility index (Phi) is 4.36. The summed E-state index contributed by atoms with van der Waals surface area (Å²) in [5.74, 6) is 0. The van der Waals surface area contributed by atoms with Crippen LogP contribution in [0.5, 0.6) is 0 Å². The molecule has 2 nitrogen and oxygen atoms in total. The summed E-state index contributed by atoms with van der Waals surface area (Å²) in [6, 6.07) is 45.2. The van der Waals surface area contributed by atoms with Gasteiger partial charge in [-0.2, -0.15) is 0 Å². The third kappa shape index (κ3) is 2.93. The lowest BCUT2D eigenvalue weighted by Crippen LogP contribution is -1.90. The van der Waals surface area contributed by atoms with Crippen molar-refractivity contribution in [2.45, 2.75) is 0 Å². The van der Waals surface area contributed by atoms with Crippen LogP contribution in [0.15, 0.2) is 142 Å². The van der Waals surface area contributed by atoms with E-state index < -0.39 is 0 Å². The van der Waals surface area contributed by atoms with Gasteiger partial charge in [0.2, 0.25) is 0 Å². The molecule has 9 aromatic rings. The van der Waals surface area contributed by atoms with Gasteiger partial charge in [0.25, 0.3) is 0 Å². The van der Waals surface area contributed by atoms with E-state index in [1.54, 1.807) is 0 Å². The minimum atomic E-state index is 0.910. The van der Waals surface area contributed by atoms with Crippen LogP contribution in [-0.2, 0) is 0 Å². The number of para-hydroxylation sites is 1. The lowest BCUT2D eigenvalue weighted by Gasteiger charge is -2.17. The van der Waals surface area contributed by atoms with Crippen molar-refractivity contribution in [1.29, 1.82) is 0 Å².